The van der Waals surface area contributed by atoms with Crippen molar-refractivity contribution in [3.8, 4) is 5.75 Å². The van der Waals surface area contributed by atoms with Gasteiger partial charge in [0.15, 0.2) is 0 Å². The molecule has 0 atom stereocenters. The molecule has 5 nitrogen and oxygen atoms in total. The first-order chi connectivity index (χ1) is 8.27. The molecule has 0 aromatic heterocycles. The van der Waals surface area contributed by atoms with Crippen LogP contribution in [0.15, 0.2) is 23.1 Å². The van der Waals surface area contributed by atoms with Gasteiger partial charge in [-0.3, -0.25) is 4.79 Å². The van der Waals surface area contributed by atoms with Gasteiger partial charge in [0.2, 0.25) is 0 Å². The van der Waals surface area contributed by atoms with E-state index >= 15 is 0 Å². The van der Waals surface area contributed by atoms with E-state index in [1.165, 1.54) is 23.1 Å². The van der Waals surface area contributed by atoms with Gasteiger partial charge < -0.3 is 9.64 Å². The topological polar surface area (TPSA) is 63.7 Å². The smallest absolute Gasteiger partial charge is 0.265 e. The number of ether oxygens (including phenoxy) is 1. The fraction of sp³-hybridized carbons (Fsp3) is 0.364. The first kappa shape index (κ1) is 14.8. The Labute approximate surface area is 111 Å². The van der Waals surface area contributed by atoms with Crippen molar-refractivity contribution in [2.24, 2.45) is 0 Å². The summed E-state index contributed by atoms with van der Waals surface area (Å²) in [6.45, 7) is 2.03. The van der Waals surface area contributed by atoms with Gasteiger partial charge in [0.1, 0.15) is 10.6 Å². The molecule has 0 saturated carbocycles. The maximum Gasteiger partial charge on any atom is 0.265 e. The van der Waals surface area contributed by atoms with E-state index in [-0.39, 0.29) is 22.1 Å². The molecule has 18 heavy (non-hydrogen) atoms. The summed E-state index contributed by atoms with van der Waals surface area (Å²) in [5.41, 5.74) is 0.239. The molecule has 1 aromatic rings. The van der Waals surface area contributed by atoms with E-state index in [1.54, 1.807) is 21.0 Å². The molecule has 100 valence electrons. The summed E-state index contributed by atoms with van der Waals surface area (Å²) in [6, 6.07) is 4.14. The van der Waals surface area contributed by atoms with E-state index in [2.05, 4.69) is 0 Å². The molecule has 0 fully saturated rings. The predicted octanol–water partition coefficient (Wildman–Crippen LogP) is 1.71. The maximum atomic E-state index is 11.7. The van der Waals surface area contributed by atoms with Crippen molar-refractivity contribution in [1.82, 2.24) is 4.90 Å². The van der Waals surface area contributed by atoms with Crippen molar-refractivity contribution < 1.29 is 17.9 Å². The van der Waals surface area contributed by atoms with Crippen LogP contribution in [0, 0.1) is 0 Å². The van der Waals surface area contributed by atoms with Crippen LogP contribution in [-0.4, -0.2) is 39.9 Å². The first-order valence-electron chi connectivity index (χ1n) is 5.20. The van der Waals surface area contributed by atoms with Gasteiger partial charge in [-0.25, -0.2) is 8.42 Å². The van der Waals surface area contributed by atoms with Gasteiger partial charge in [0.25, 0.3) is 15.0 Å². The molecule has 0 radical (unpaired) electrons. The third kappa shape index (κ3) is 3.36. The molecule has 0 aliphatic heterocycles. The number of halogens is 1. The normalized spacial score (nSPS) is 11.1. The number of carbonyl (C=O) groups excluding carboxylic acids is 1. The van der Waals surface area contributed by atoms with Crippen LogP contribution in [0.2, 0.25) is 0 Å². The summed E-state index contributed by atoms with van der Waals surface area (Å²) >= 11 is 0. The lowest BCUT2D eigenvalue weighted by Gasteiger charge is -2.13. The van der Waals surface area contributed by atoms with Gasteiger partial charge >= 0.3 is 0 Å². The molecule has 0 aliphatic rings. The summed E-state index contributed by atoms with van der Waals surface area (Å²) in [5.74, 6) is -0.164. The highest BCUT2D eigenvalue weighted by molar-refractivity contribution is 8.13. The van der Waals surface area contributed by atoms with Crippen molar-refractivity contribution in [2.45, 2.75) is 11.8 Å². The van der Waals surface area contributed by atoms with Crippen molar-refractivity contribution in [2.75, 3.05) is 20.7 Å². The molecule has 0 spiro atoms. The summed E-state index contributed by atoms with van der Waals surface area (Å²) in [4.78, 5) is 12.9. The molecule has 0 bridgehead atoms. The van der Waals surface area contributed by atoms with Gasteiger partial charge in [0.05, 0.1) is 6.61 Å². The number of rotatable bonds is 4. The molecular weight excluding hydrogens is 278 g/mol. The molecule has 0 heterocycles. The Morgan fingerprint density at radius 3 is 2.44 bits per heavy atom. The highest BCUT2D eigenvalue weighted by Crippen LogP contribution is 2.28. The fourth-order valence-electron chi connectivity index (χ4n) is 1.36. The predicted molar refractivity (Wildman–Crippen MR) is 68.7 cm³/mol. The lowest BCUT2D eigenvalue weighted by molar-refractivity contribution is 0.0827. The minimum atomic E-state index is -3.96. The number of hydrogen-bond acceptors (Lipinski definition) is 4. The highest BCUT2D eigenvalue weighted by atomic mass is 35.7. The second-order valence-corrected chi connectivity index (χ2v) is 6.27. The van der Waals surface area contributed by atoms with E-state index in [1.807, 2.05) is 0 Å². The highest BCUT2D eigenvalue weighted by Gasteiger charge is 2.20. The van der Waals surface area contributed by atoms with Crippen LogP contribution in [0.3, 0.4) is 0 Å². The molecule has 7 heteroatoms. The SMILES string of the molecule is CCOc1ccc(C(=O)N(C)C)cc1S(=O)(=O)Cl. The van der Waals surface area contributed by atoms with Gasteiger partial charge in [-0.2, -0.15) is 0 Å². The van der Waals surface area contributed by atoms with Crippen LogP contribution in [0.1, 0.15) is 17.3 Å². The fourth-order valence-corrected chi connectivity index (χ4v) is 2.36. The van der Waals surface area contributed by atoms with Crippen LogP contribution in [-0.2, 0) is 9.05 Å². The van der Waals surface area contributed by atoms with E-state index in [0.717, 1.165) is 0 Å². The van der Waals surface area contributed by atoms with Crippen LogP contribution in [0.5, 0.6) is 5.75 Å². The third-order valence-electron chi connectivity index (χ3n) is 2.16. The minimum Gasteiger partial charge on any atom is -0.492 e. The second kappa shape index (κ2) is 5.58. The maximum absolute atomic E-state index is 11.7. The van der Waals surface area contributed by atoms with Crippen molar-refractivity contribution in [1.29, 1.82) is 0 Å². The van der Waals surface area contributed by atoms with Crippen LogP contribution in [0.4, 0.5) is 0 Å². The Morgan fingerprint density at radius 2 is 2.00 bits per heavy atom. The van der Waals surface area contributed by atoms with E-state index in [0.29, 0.717) is 6.61 Å². The number of hydrogen-bond donors (Lipinski definition) is 0. The summed E-state index contributed by atoms with van der Waals surface area (Å²) < 4.78 is 28.0. The van der Waals surface area contributed by atoms with E-state index in [4.69, 9.17) is 15.4 Å². The van der Waals surface area contributed by atoms with Crippen molar-refractivity contribution in [3.63, 3.8) is 0 Å². The quantitative estimate of drug-likeness (QED) is 0.792. The largest absolute Gasteiger partial charge is 0.492 e. The molecule has 1 rings (SSSR count). The number of amides is 1. The van der Waals surface area contributed by atoms with Crippen molar-refractivity contribution in [3.05, 3.63) is 23.8 Å². The van der Waals surface area contributed by atoms with Gasteiger partial charge in [-0.05, 0) is 25.1 Å². The Morgan fingerprint density at radius 1 is 1.39 bits per heavy atom. The average Bonchev–Trinajstić information content (AvgIpc) is 2.27. The molecule has 1 amide bonds. The zero-order valence-corrected chi connectivity index (χ0v) is 11.9. The molecule has 0 N–H and O–H groups in total. The van der Waals surface area contributed by atoms with Gasteiger partial charge in [-0.15, -0.1) is 0 Å². The third-order valence-corrected chi connectivity index (χ3v) is 3.50. The first-order valence-corrected chi connectivity index (χ1v) is 7.51. The number of benzene rings is 1. The minimum absolute atomic E-state index is 0.141. The van der Waals surface area contributed by atoms with Crippen LogP contribution < -0.4 is 4.74 Å². The lowest BCUT2D eigenvalue weighted by Crippen LogP contribution is -2.21. The summed E-state index contributed by atoms with van der Waals surface area (Å²) in [7, 11) is 4.52. The molecule has 0 aliphatic carbocycles. The Balaban J connectivity index is 3.35. The summed E-state index contributed by atoms with van der Waals surface area (Å²) in [6.07, 6.45) is 0. The summed E-state index contributed by atoms with van der Waals surface area (Å²) in [5, 5.41) is 0. The monoisotopic (exact) mass is 291 g/mol. The van der Waals surface area contributed by atoms with Crippen LogP contribution >= 0.6 is 10.7 Å². The lowest BCUT2D eigenvalue weighted by atomic mass is 10.2. The zero-order valence-electron chi connectivity index (χ0n) is 10.3. The van der Waals surface area contributed by atoms with Gasteiger partial charge in [0, 0.05) is 30.3 Å². The van der Waals surface area contributed by atoms with Crippen molar-refractivity contribution >= 4 is 25.6 Å². The Kier molecular flexibility index (Phi) is 4.59. The Bertz CT molecular complexity index is 554. The van der Waals surface area contributed by atoms with Crippen LogP contribution in [0.25, 0.3) is 0 Å². The number of nitrogens with zero attached hydrogens (tertiary/aromatic N) is 1. The number of carbonyl (C=O) groups is 1. The zero-order chi connectivity index (χ0) is 13.9. The van der Waals surface area contributed by atoms with E-state index < -0.39 is 9.05 Å². The molecular formula is C11H14ClNO4S. The molecule has 0 unspecified atom stereocenters. The average molecular weight is 292 g/mol. The van der Waals surface area contributed by atoms with Gasteiger partial charge in [-0.1, -0.05) is 0 Å². The molecule has 1 aromatic carbocycles. The van der Waals surface area contributed by atoms with E-state index in [9.17, 15) is 13.2 Å². The molecule has 0 saturated heterocycles. The second-order valence-electron chi connectivity index (χ2n) is 3.73. The standard InChI is InChI=1S/C11H14ClNO4S/c1-4-17-9-6-5-8(11(14)13(2)3)7-10(9)18(12,15)16/h5-7H,4H2,1-3H3. The Hall–Kier alpha value is -1.27.